The van der Waals surface area contributed by atoms with E-state index in [-0.39, 0.29) is 12.3 Å². The molecule has 0 fully saturated rings. The zero-order valence-electron chi connectivity index (χ0n) is 21.9. The van der Waals surface area contributed by atoms with E-state index < -0.39 is 0 Å². The zero-order valence-corrected chi connectivity index (χ0v) is 24.2. The second-order valence-electron chi connectivity index (χ2n) is 9.23. The number of aromatic nitrogens is 2. The quantitative estimate of drug-likeness (QED) is 0.221. The van der Waals surface area contributed by atoms with Crippen molar-refractivity contribution >= 4 is 52.1 Å². The third-order valence-corrected chi connectivity index (χ3v) is 7.57. The SMILES string of the molecule is Cc1ccccc1NC(=S)N(CCNC(=O)Cc1cncn1Cc1ccc(C#N)cc1)Cc1cccc(Cl)c1Cl. The van der Waals surface area contributed by atoms with Crippen molar-refractivity contribution in [2.24, 2.45) is 0 Å². The Balaban J connectivity index is 1.38. The Labute approximate surface area is 249 Å². The zero-order chi connectivity index (χ0) is 28.5. The number of rotatable bonds is 10. The minimum atomic E-state index is -0.125. The van der Waals surface area contributed by atoms with Gasteiger partial charge in [-0.15, -0.1) is 0 Å². The number of halogens is 2. The fraction of sp³-hybridized carbons (Fsp3) is 0.200. The molecule has 0 aliphatic heterocycles. The number of benzene rings is 3. The highest BCUT2D eigenvalue weighted by molar-refractivity contribution is 7.80. The molecule has 4 aromatic rings. The van der Waals surface area contributed by atoms with Gasteiger partial charge in [0.2, 0.25) is 5.91 Å². The van der Waals surface area contributed by atoms with Crippen molar-refractivity contribution in [3.8, 4) is 6.07 Å². The molecule has 0 saturated heterocycles. The van der Waals surface area contributed by atoms with E-state index in [1.54, 1.807) is 30.7 Å². The molecule has 0 aliphatic carbocycles. The normalized spacial score (nSPS) is 10.6. The third kappa shape index (κ3) is 7.82. The van der Waals surface area contributed by atoms with Gasteiger partial charge in [0.25, 0.3) is 0 Å². The van der Waals surface area contributed by atoms with E-state index in [2.05, 4.69) is 21.7 Å². The van der Waals surface area contributed by atoms with Gasteiger partial charge < -0.3 is 20.1 Å². The number of imidazole rings is 1. The maximum Gasteiger partial charge on any atom is 0.226 e. The van der Waals surface area contributed by atoms with E-state index >= 15 is 0 Å². The summed E-state index contributed by atoms with van der Waals surface area (Å²) in [6, 6.07) is 22.9. The van der Waals surface area contributed by atoms with Gasteiger partial charge in [0, 0.05) is 43.8 Å². The molecule has 1 amide bonds. The predicted molar refractivity (Wildman–Crippen MR) is 163 cm³/mol. The van der Waals surface area contributed by atoms with Crippen LogP contribution in [0.1, 0.15) is 27.9 Å². The number of thiocarbonyl (C=S) groups is 1. The smallest absolute Gasteiger partial charge is 0.226 e. The van der Waals surface area contributed by atoms with Crippen molar-refractivity contribution in [3.05, 3.63) is 117 Å². The van der Waals surface area contributed by atoms with Crippen molar-refractivity contribution in [2.75, 3.05) is 18.4 Å². The summed E-state index contributed by atoms with van der Waals surface area (Å²) in [6.45, 7) is 3.81. The second kappa shape index (κ2) is 13.9. The summed E-state index contributed by atoms with van der Waals surface area (Å²) in [4.78, 5) is 19.0. The highest BCUT2D eigenvalue weighted by atomic mass is 35.5. The van der Waals surface area contributed by atoms with E-state index in [1.807, 2.05) is 64.9 Å². The van der Waals surface area contributed by atoms with Crippen LogP contribution < -0.4 is 10.6 Å². The number of hydrogen-bond donors (Lipinski definition) is 2. The van der Waals surface area contributed by atoms with Gasteiger partial charge >= 0.3 is 0 Å². The van der Waals surface area contributed by atoms with E-state index in [0.29, 0.717) is 46.9 Å². The highest BCUT2D eigenvalue weighted by Crippen LogP contribution is 2.27. The molecule has 0 aliphatic rings. The molecule has 204 valence electrons. The van der Waals surface area contributed by atoms with Gasteiger partial charge in [-0.25, -0.2) is 4.98 Å². The lowest BCUT2D eigenvalue weighted by Crippen LogP contribution is -2.40. The lowest BCUT2D eigenvalue weighted by atomic mass is 10.1. The minimum absolute atomic E-state index is 0.125. The molecule has 10 heteroatoms. The third-order valence-electron chi connectivity index (χ3n) is 6.35. The molecular weight excluding hydrogens is 563 g/mol. The van der Waals surface area contributed by atoms with Crippen LogP contribution in [0.15, 0.2) is 79.3 Å². The van der Waals surface area contributed by atoms with Crippen LogP contribution in [0.4, 0.5) is 5.69 Å². The Kier molecular flexibility index (Phi) is 10.1. The summed E-state index contributed by atoms with van der Waals surface area (Å²) in [5, 5.41) is 16.8. The van der Waals surface area contributed by atoms with Crippen LogP contribution in [0.2, 0.25) is 10.0 Å². The number of nitrogens with zero attached hydrogens (tertiary/aromatic N) is 4. The molecule has 4 rings (SSSR count). The highest BCUT2D eigenvalue weighted by Gasteiger charge is 2.16. The molecule has 0 spiro atoms. The molecule has 1 aromatic heterocycles. The summed E-state index contributed by atoms with van der Waals surface area (Å²) in [7, 11) is 0. The number of anilines is 1. The van der Waals surface area contributed by atoms with Gasteiger partial charge in [0.1, 0.15) is 0 Å². The summed E-state index contributed by atoms with van der Waals surface area (Å²) >= 11 is 18.5. The van der Waals surface area contributed by atoms with Crippen molar-refractivity contribution in [1.82, 2.24) is 19.8 Å². The van der Waals surface area contributed by atoms with Crippen molar-refractivity contribution in [3.63, 3.8) is 0 Å². The molecule has 0 saturated carbocycles. The number of aryl methyl sites for hydroxylation is 1. The van der Waals surface area contributed by atoms with Crippen molar-refractivity contribution in [1.29, 1.82) is 5.26 Å². The lowest BCUT2D eigenvalue weighted by Gasteiger charge is -2.27. The molecule has 0 radical (unpaired) electrons. The fourth-order valence-corrected chi connectivity index (χ4v) is 4.76. The van der Waals surface area contributed by atoms with E-state index in [0.717, 1.165) is 28.1 Å². The van der Waals surface area contributed by atoms with Crippen LogP contribution in [-0.2, 0) is 24.3 Å². The van der Waals surface area contributed by atoms with E-state index in [1.165, 1.54) is 0 Å². The Hall–Kier alpha value is -3.90. The average Bonchev–Trinajstić information content (AvgIpc) is 3.38. The number of para-hydroxylation sites is 1. The molecule has 40 heavy (non-hydrogen) atoms. The Morgan fingerprint density at radius 3 is 2.62 bits per heavy atom. The topological polar surface area (TPSA) is 86.0 Å². The van der Waals surface area contributed by atoms with E-state index in [4.69, 9.17) is 40.7 Å². The molecule has 0 bridgehead atoms. The van der Waals surface area contributed by atoms with Gasteiger partial charge in [-0.05, 0) is 60.1 Å². The van der Waals surface area contributed by atoms with Crippen LogP contribution in [0.5, 0.6) is 0 Å². The molecule has 2 N–H and O–H groups in total. The van der Waals surface area contributed by atoms with Crippen LogP contribution in [0.3, 0.4) is 0 Å². The number of carbonyl (C=O) groups is 1. The first-order chi connectivity index (χ1) is 19.3. The minimum Gasteiger partial charge on any atom is -0.354 e. The number of nitrogens with one attached hydrogen (secondary N) is 2. The average molecular weight is 592 g/mol. The van der Waals surface area contributed by atoms with Crippen LogP contribution in [-0.4, -0.2) is 38.6 Å². The first-order valence-corrected chi connectivity index (χ1v) is 13.8. The number of amides is 1. The molecule has 3 aromatic carbocycles. The van der Waals surface area contributed by atoms with Gasteiger partial charge in [0.05, 0.1) is 34.4 Å². The fourth-order valence-electron chi connectivity index (χ4n) is 4.11. The largest absolute Gasteiger partial charge is 0.354 e. The van der Waals surface area contributed by atoms with Crippen LogP contribution in [0.25, 0.3) is 0 Å². The van der Waals surface area contributed by atoms with Gasteiger partial charge in [-0.1, -0.05) is 65.7 Å². The van der Waals surface area contributed by atoms with Gasteiger partial charge in [-0.2, -0.15) is 5.26 Å². The molecular formula is C30H28Cl2N6OS. The Bertz CT molecular complexity index is 1530. The standard InChI is InChI=1S/C30H28Cl2N6OS/c1-21-5-2-3-8-27(21)36-30(40)37(19-24-6-4-7-26(31)29(24)32)14-13-35-28(39)15-25-17-34-20-38(25)18-23-11-9-22(16-33)10-12-23/h2-12,17,20H,13-15,18-19H2,1H3,(H,35,39)(H,36,40). The molecule has 7 nitrogen and oxygen atoms in total. The maximum absolute atomic E-state index is 12.8. The monoisotopic (exact) mass is 590 g/mol. The van der Waals surface area contributed by atoms with Crippen molar-refractivity contribution < 1.29 is 4.79 Å². The van der Waals surface area contributed by atoms with Gasteiger partial charge in [0.15, 0.2) is 5.11 Å². The Morgan fingerprint density at radius 2 is 1.88 bits per heavy atom. The second-order valence-corrected chi connectivity index (χ2v) is 10.4. The Morgan fingerprint density at radius 1 is 1.10 bits per heavy atom. The number of nitriles is 1. The predicted octanol–water partition coefficient (Wildman–Crippen LogP) is 5.98. The van der Waals surface area contributed by atoms with E-state index in [9.17, 15) is 4.79 Å². The van der Waals surface area contributed by atoms with Crippen LogP contribution >= 0.6 is 35.4 Å². The maximum atomic E-state index is 12.8. The number of carbonyl (C=O) groups excluding carboxylic acids is 1. The summed E-state index contributed by atoms with van der Waals surface area (Å²) in [5.74, 6) is -0.125. The summed E-state index contributed by atoms with van der Waals surface area (Å²) in [6.07, 6.45) is 3.58. The molecule has 1 heterocycles. The van der Waals surface area contributed by atoms with Gasteiger partial charge in [-0.3, -0.25) is 4.79 Å². The summed E-state index contributed by atoms with van der Waals surface area (Å²) < 4.78 is 1.93. The number of hydrogen-bond acceptors (Lipinski definition) is 4. The first-order valence-electron chi connectivity index (χ1n) is 12.6. The first kappa shape index (κ1) is 29.1. The lowest BCUT2D eigenvalue weighted by molar-refractivity contribution is -0.120. The molecule has 0 unspecified atom stereocenters. The molecule has 0 atom stereocenters. The summed E-state index contributed by atoms with van der Waals surface area (Å²) in [5.41, 5.74) is 5.23. The van der Waals surface area contributed by atoms with Crippen molar-refractivity contribution in [2.45, 2.75) is 26.4 Å². The van der Waals surface area contributed by atoms with Crippen LogP contribution in [0, 0.1) is 18.3 Å².